The fraction of sp³-hybridized carbons (Fsp3) is 0.100. The molecule has 0 aliphatic carbocycles. The number of hydrogen-bond donors (Lipinski definition) is 3. The van der Waals surface area contributed by atoms with Crippen LogP contribution >= 0.6 is 0 Å². The van der Waals surface area contributed by atoms with E-state index < -0.39 is 0 Å². The van der Waals surface area contributed by atoms with Gasteiger partial charge in [-0.15, -0.1) is 0 Å². The van der Waals surface area contributed by atoms with Gasteiger partial charge in [0.25, 0.3) is 0 Å². The number of aromatic amines is 1. The van der Waals surface area contributed by atoms with E-state index in [0.29, 0.717) is 5.69 Å². The van der Waals surface area contributed by atoms with Gasteiger partial charge in [0.2, 0.25) is 0 Å². The summed E-state index contributed by atoms with van der Waals surface area (Å²) in [4.78, 5) is 15.5. The number of H-pyrrole nitrogens is 1. The van der Waals surface area contributed by atoms with E-state index in [-0.39, 0.29) is 6.03 Å². The molecule has 6 heteroatoms. The van der Waals surface area contributed by atoms with Crippen LogP contribution in [0.15, 0.2) is 30.9 Å². The lowest BCUT2D eigenvalue weighted by Crippen LogP contribution is -2.19. The van der Waals surface area contributed by atoms with Gasteiger partial charge < -0.3 is 10.6 Å². The van der Waals surface area contributed by atoms with Crippen molar-refractivity contribution in [3.8, 4) is 0 Å². The molecule has 0 radical (unpaired) electrons. The highest BCUT2D eigenvalue weighted by Crippen LogP contribution is 2.12. The first-order valence-corrected chi connectivity index (χ1v) is 4.73. The van der Waals surface area contributed by atoms with Crippen molar-refractivity contribution >= 4 is 17.4 Å². The second-order valence-corrected chi connectivity index (χ2v) is 3.26. The quantitative estimate of drug-likeness (QED) is 0.716. The molecule has 0 atom stereocenters. The number of carbonyl (C=O) groups excluding carboxylic acids is 1. The standard InChI is InChI=1S/C10H11N5O/c1-7-4-11-3-2-9(7)15-10(16)14-8-5-12-13-6-8/h2-6H,1H3,(H,12,13)(H2,11,14,15,16). The Bertz CT molecular complexity index is 480. The second kappa shape index (κ2) is 4.43. The van der Waals surface area contributed by atoms with E-state index in [0.717, 1.165) is 11.3 Å². The molecule has 2 aromatic heterocycles. The molecular weight excluding hydrogens is 206 g/mol. The molecule has 0 spiro atoms. The van der Waals surface area contributed by atoms with Crippen LogP contribution < -0.4 is 10.6 Å². The zero-order chi connectivity index (χ0) is 11.4. The Kier molecular flexibility index (Phi) is 2.81. The van der Waals surface area contributed by atoms with E-state index in [4.69, 9.17) is 0 Å². The molecule has 2 amide bonds. The Labute approximate surface area is 92.1 Å². The number of nitrogens with zero attached hydrogens (tertiary/aromatic N) is 2. The molecule has 0 bridgehead atoms. The number of urea groups is 1. The molecule has 0 aliphatic heterocycles. The minimum absolute atomic E-state index is 0.310. The number of rotatable bonds is 2. The molecule has 2 heterocycles. The summed E-state index contributed by atoms with van der Waals surface area (Å²) < 4.78 is 0. The van der Waals surface area contributed by atoms with Gasteiger partial charge in [0.15, 0.2) is 0 Å². The molecule has 0 saturated carbocycles. The summed E-state index contributed by atoms with van der Waals surface area (Å²) in [6.07, 6.45) is 6.44. The Balaban J connectivity index is 2.00. The molecule has 0 fully saturated rings. The molecule has 3 N–H and O–H groups in total. The number of carbonyl (C=O) groups is 1. The van der Waals surface area contributed by atoms with Gasteiger partial charge in [-0.3, -0.25) is 10.1 Å². The highest BCUT2D eigenvalue weighted by atomic mass is 16.2. The number of anilines is 2. The largest absolute Gasteiger partial charge is 0.323 e. The summed E-state index contributed by atoms with van der Waals surface area (Å²) in [5.41, 5.74) is 2.25. The van der Waals surface area contributed by atoms with Crippen LogP contribution in [0.3, 0.4) is 0 Å². The van der Waals surface area contributed by atoms with Crippen LogP contribution in [0, 0.1) is 6.92 Å². The fourth-order valence-corrected chi connectivity index (χ4v) is 1.22. The van der Waals surface area contributed by atoms with Gasteiger partial charge >= 0.3 is 6.03 Å². The predicted molar refractivity (Wildman–Crippen MR) is 60.2 cm³/mol. The molecule has 2 aromatic rings. The smallest absolute Gasteiger partial charge is 0.307 e. The molecule has 0 aliphatic rings. The lowest BCUT2D eigenvalue weighted by molar-refractivity contribution is 0.262. The lowest BCUT2D eigenvalue weighted by atomic mass is 10.2. The van der Waals surface area contributed by atoms with E-state index in [1.165, 1.54) is 6.20 Å². The minimum Gasteiger partial charge on any atom is -0.307 e. The summed E-state index contributed by atoms with van der Waals surface area (Å²) in [6, 6.07) is 1.43. The molecule has 6 nitrogen and oxygen atoms in total. The number of amides is 2. The summed E-state index contributed by atoms with van der Waals surface area (Å²) >= 11 is 0. The maximum absolute atomic E-state index is 11.5. The lowest BCUT2D eigenvalue weighted by Gasteiger charge is -2.07. The monoisotopic (exact) mass is 217 g/mol. The van der Waals surface area contributed by atoms with Gasteiger partial charge in [0, 0.05) is 24.3 Å². The maximum atomic E-state index is 11.5. The highest BCUT2D eigenvalue weighted by Gasteiger charge is 2.04. The van der Waals surface area contributed by atoms with Gasteiger partial charge in [0.05, 0.1) is 11.9 Å². The van der Waals surface area contributed by atoms with Crippen LogP contribution in [0.1, 0.15) is 5.56 Å². The SMILES string of the molecule is Cc1cnccc1NC(=O)Nc1cn[nH]c1. The van der Waals surface area contributed by atoms with E-state index >= 15 is 0 Å². The van der Waals surface area contributed by atoms with E-state index in [9.17, 15) is 4.79 Å². The zero-order valence-corrected chi connectivity index (χ0v) is 8.69. The number of aromatic nitrogens is 3. The van der Waals surface area contributed by atoms with Gasteiger partial charge in [-0.1, -0.05) is 0 Å². The fourth-order valence-electron chi connectivity index (χ4n) is 1.22. The second-order valence-electron chi connectivity index (χ2n) is 3.26. The van der Waals surface area contributed by atoms with Crippen LogP contribution in [-0.2, 0) is 0 Å². The molecule has 2 rings (SSSR count). The third-order valence-corrected chi connectivity index (χ3v) is 2.02. The first kappa shape index (κ1) is 10.2. The van der Waals surface area contributed by atoms with Crippen molar-refractivity contribution in [2.24, 2.45) is 0 Å². The van der Waals surface area contributed by atoms with Crippen molar-refractivity contribution in [2.45, 2.75) is 6.92 Å². The van der Waals surface area contributed by atoms with Crippen LogP contribution in [0.4, 0.5) is 16.2 Å². The number of nitrogens with one attached hydrogen (secondary N) is 3. The zero-order valence-electron chi connectivity index (χ0n) is 8.69. The van der Waals surface area contributed by atoms with Gasteiger partial charge in [0.1, 0.15) is 0 Å². The van der Waals surface area contributed by atoms with Gasteiger partial charge in [-0.2, -0.15) is 5.10 Å². The van der Waals surface area contributed by atoms with Gasteiger partial charge in [-0.25, -0.2) is 4.79 Å². The highest BCUT2D eigenvalue weighted by molar-refractivity contribution is 5.99. The molecule has 0 unspecified atom stereocenters. The van der Waals surface area contributed by atoms with Crippen molar-refractivity contribution < 1.29 is 4.79 Å². The number of hydrogen-bond acceptors (Lipinski definition) is 3. The first-order chi connectivity index (χ1) is 7.75. The van der Waals surface area contributed by atoms with Crippen LogP contribution in [0.2, 0.25) is 0 Å². The van der Waals surface area contributed by atoms with Crippen molar-refractivity contribution in [2.75, 3.05) is 10.6 Å². The normalized spacial score (nSPS) is 9.81. The van der Waals surface area contributed by atoms with Crippen LogP contribution in [-0.4, -0.2) is 21.2 Å². The van der Waals surface area contributed by atoms with E-state index in [2.05, 4.69) is 25.8 Å². The summed E-state index contributed by atoms with van der Waals surface area (Å²) in [6.45, 7) is 1.88. The number of aryl methyl sites for hydroxylation is 1. The first-order valence-electron chi connectivity index (χ1n) is 4.73. The third-order valence-electron chi connectivity index (χ3n) is 2.02. The van der Waals surface area contributed by atoms with Crippen molar-refractivity contribution in [3.63, 3.8) is 0 Å². The number of pyridine rings is 1. The third kappa shape index (κ3) is 2.35. The van der Waals surface area contributed by atoms with E-state index in [1.807, 2.05) is 6.92 Å². The van der Waals surface area contributed by atoms with Gasteiger partial charge in [-0.05, 0) is 18.6 Å². The van der Waals surface area contributed by atoms with Crippen molar-refractivity contribution in [3.05, 3.63) is 36.4 Å². The molecule has 16 heavy (non-hydrogen) atoms. The van der Waals surface area contributed by atoms with E-state index in [1.54, 1.807) is 24.7 Å². The Morgan fingerprint density at radius 1 is 1.38 bits per heavy atom. The summed E-state index contributed by atoms with van der Waals surface area (Å²) in [5.74, 6) is 0. The molecular formula is C10H11N5O. The molecule has 0 saturated heterocycles. The minimum atomic E-state index is -0.310. The van der Waals surface area contributed by atoms with Crippen LogP contribution in [0.25, 0.3) is 0 Å². The maximum Gasteiger partial charge on any atom is 0.323 e. The van der Waals surface area contributed by atoms with Crippen molar-refractivity contribution in [1.29, 1.82) is 0 Å². The van der Waals surface area contributed by atoms with Crippen molar-refractivity contribution in [1.82, 2.24) is 15.2 Å². The topological polar surface area (TPSA) is 82.7 Å². The Hall–Kier alpha value is -2.37. The average molecular weight is 217 g/mol. The molecule has 0 aromatic carbocycles. The average Bonchev–Trinajstić information content (AvgIpc) is 2.74. The Morgan fingerprint density at radius 3 is 2.94 bits per heavy atom. The molecule has 82 valence electrons. The predicted octanol–water partition coefficient (Wildman–Crippen LogP) is 1.76. The summed E-state index contributed by atoms with van der Waals surface area (Å²) in [5, 5.41) is 11.7. The Morgan fingerprint density at radius 2 is 2.25 bits per heavy atom. The summed E-state index contributed by atoms with van der Waals surface area (Å²) in [7, 11) is 0. The van der Waals surface area contributed by atoms with Crippen LogP contribution in [0.5, 0.6) is 0 Å².